The van der Waals surface area contributed by atoms with Crippen molar-refractivity contribution in [3.05, 3.63) is 33.8 Å². The van der Waals surface area contributed by atoms with Gasteiger partial charge >= 0.3 is 0 Å². The number of aryl methyl sites for hydroxylation is 1. The molecule has 0 bridgehead atoms. The molecule has 0 aliphatic heterocycles. The molecule has 2 aromatic heterocycles. The first-order chi connectivity index (χ1) is 9.86. The second-order valence-electron chi connectivity index (χ2n) is 6.52. The Morgan fingerprint density at radius 2 is 2.14 bits per heavy atom. The molecule has 1 saturated carbocycles. The first-order valence-electron chi connectivity index (χ1n) is 7.16. The Bertz CT molecular complexity index is 740. The summed E-state index contributed by atoms with van der Waals surface area (Å²) < 4.78 is 3.83. The fourth-order valence-electron chi connectivity index (χ4n) is 2.29. The van der Waals surface area contributed by atoms with E-state index in [1.54, 1.807) is 0 Å². The Balaban J connectivity index is 2.00. The van der Waals surface area contributed by atoms with E-state index in [4.69, 9.17) is 0 Å². The summed E-state index contributed by atoms with van der Waals surface area (Å²) in [6, 6.07) is 1.92. The predicted octanol–water partition coefficient (Wildman–Crippen LogP) is 2.66. The standard InChI is InChI=1S/C15H20N4OS/c1-15(2,3)19-12(10-5-6-10)9-11(17-19)13(20)16-14-18(4)7-8-21-14/h7-10H,5-6H2,1-4H3. The number of amides is 1. The van der Waals surface area contributed by atoms with Gasteiger partial charge in [0, 0.05) is 30.2 Å². The molecule has 0 N–H and O–H groups in total. The van der Waals surface area contributed by atoms with Crippen LogP contribution in [-0.4, -0.2) is 20.3 Å². The lowest BCUT2D eigenvalue weighted by molar-refractivity contribution is 0.0991. The van der Waals surface area contributed by atoms with Gasteiger partial charge in [0.2, 0.25) is 0 Å². The van der Waals surface area contributed by atoms with Crippen molar-refractivity contribution >= 4 is 17.2 Å². The van der Waals surface area contributed by atoms with Crippen molar-refractivity contribution in [3.63, 3.8) is 0 Å². The number of rotatable bonds is 2. The normalized spacial score (nSPS) is 16.5. The smallest absolute Gasteiger partial charge is 0.300 e. The summed E-state index contributed by atoms with van der Waals surface area (Å²) in [5.74, 6) is 0.286. The summed E-state index contributed by atoms with van der Waals surface area (Å²) in [4.78, 5) is 17.2. The van der Waals surface area contributed by atoms with Gasteiger partial charge in [-0.25, -0.2) is 0 Å². The van der Waals surface area contributed by atoms with Gasteiger partial charge in [0.05, 0.1) is 5.54 Å². The van der Waals surface area contributed by atoms with Gasteiger partial charge in [0.25, 0.3) is 5.91 Å². The molecule has 112 valence electrons. The van der Waals surface area contributed by atoms with E-state index >= 15 is 0 Å². The van der Waals surface area contributed by atoms with Gasteiger partial charge in [-0.15, -0.1) is 11.3 Å². The van der Waals surface area contributed by atoms with Crippen molar-refractivity contribution in [3.8, 4) is 0 Å². The minimum absolute atomic E-state index is 0.121. The van der Waals surface area contributed by atoms with Crippen LogP contribution in [0.2, 0.25) is 0 Å². The van der Waals surface area contributed by atoms with Crippen LogP contribution in [0.1, 0.15) is 55.7 Å². The molecular formula is C15H20N4OS. The monoisotopic (exact) mass is 304 g/mol. The van der Waals surface area contributed by atoms with Crippen molar-refractivity contribution in [1.82, 2.24) is 14.3 Å². The summed E-state index contributed by atoms with van der Waals surface area (Å²) in [6.07, 6.45) is 4.26. The van der Waals surface area contributed by atoms with Crippen molar-refractivity contribution in [2.24, 2.45) is 12.0 Å². The highest BCUT2D eigenvalue weighted by Gasteiger charge is 2.32. The Kier molecular flexibility index (Phi) is 3.36. The van der Waals surface area contributed by atoms with Crippen molar-refractivity contribution in [1.29, 1.82) is 0 Å². The van der Waals surface area contributed by atoms with Gasteiger partial charge < -0.3 is 4.57 Å². The van der Waals surface area contributed by atoms with Crippen molar-refractivity contribution in [2.45, 2.75) is 45.1 Å². The zero-order valence-corrected chi connectivity index (χ0v) is 13.6. The van der Waals surface area contributed by atoms with Crippen LogP contribution in [-0.2, 0) is 12.6 Å². The van der Waals surface area contributed by atoms with Gasteiger partial charge in [0.1, 0.15) is 0 Å². The molecule has 1 fully saturated rings. The molecule has 0 spiro atoms. The quantitative estimate of drug-likeness (QED) is 0.856. The third-order valence-corrected chi connectivity index (χ3v) is 4.39. The summed E-state index contributed by atoms with van der Waals surface area (Å²) >= 11 is 1.45. The number of aromatic nitrogens is 3. The Hall–Kier alpha value is -1.69. The zero-order valence-electron chi connectivity index (χ0n) is 12.8. The summed E-state index contributed by atoms with van der Waals surface area (Å²) in [6.45, 7) is 6.32. The van der Waals surface area contributed by atoms with E-state index in [2.05, 4.69) is 30.9 Å². The second kappa shape index (κ2) is 4.94. The summed E-state index contributed by atoms with van der Waals surface area (Å²) in [7, 11) is 1.88. The highest BCUT2D eigenvalue weighted by Crippen LogP contribution is 2.41. The van der Waals surface area contributed by atoms with E-state index in [0.29, 0.717) is 16.4 Å². The van der Waals surface area contributed by atoms with E-state index in [9.17, 15) is 4.79 Å². The molecule has 1 amide bonds. The summed E-state index contributed by atoms with van der Waals surface area (Å²) in [5.41, 5.74) is 1.49. The van der Waals surface area contributed by atoms with Crippen LogP contribution < -0.4 is 4.80 Å². The molecule has 0 radical (unpaired) electrons. The van der Waals surface area contributed by atoms with E-state index in [1.807, 2.05) is 33.9 Å². The fourth-order valence-corrected chi connectivity index (χ4v) is 3.01. The minimum Gasteiger partial charge on any atom is -0.327 e. The van der Waals surface area contributed by atoms with E-state index < -0.39 is 0 Å². The van der Waals surface area contributed by atoms with E-state index in [-0.39, 0.29) is 11.4 Å². The molecule has 3 rings (SSSR count). The van der Waals surface area contributed by atoms with Gasteiger partial charge in [-0.2, -0.15) is 10.1 Å². The number of thiazole rings is 1. The maximum absolute atomic E-state index is 12.4. The first-order valence-corrected chi connectivity index (χ1v) is 8.04. The van der Waals surface area contributed by atoms with E-state index in [1.165, 1.54) is 24.2 Å². The highest BCUT2D eigenvalue weighted by atomic mass is 32.1. The van der Waals surface area contributed by atoms with Crippen LogP contribution in [0.25, 0.3) is 0 Å². The molecule has 5 nitrogen and oxygen atoms in total. The summed E-state index contributed by atoms with van der Waals surface area (Å²) in [5, 5.41) is 6.43. The molecule has 2 heterocycles. The molecular weight excluding hydrogens is 284 g/mol. The molecule has 0 unspecified atom stereocenters. The van der Waals surface area contributed by atoms with Gasteiger partial charge in [-0.05, 0) is 39.7 Å². The molecule has 2 aromatic rings. The predicted molar refractivity (Wildman–Crippen MR) is 82.4 cm³/mol. The highest BCUT2D eigenvalue weighted by molar-refractivity contribution is 7.07. The number of hydrogen-bond acceptors (Lipinski definition) is 3. The van der Waals surface area contributed by atoms with Crippen molar-refractivity contribution < 1.29 is 4.79 Å². The Labute approximate surface area is 128 Å². The third kappa shape index (κ3) is 2.85. The lowest BCUT2D eigenvalue weighted by Crippen LogP contribution is -2.25. The second-order valence-corrected chi connectivity index (χ2v) is 7.40. The fraction of sp³-hybridized carbons (Fsp3) is 0.533. The topological polar surface area (TPSA) is 52.2 Å². The van der Waals surface area contributed by atoms with Crippen molar-refractivity contribution in [2.75, 3.05) is 0 Å². The SMILES string of the molecule is Cn1ccsc1=NC(=O)c1cc(C2CC2)n(C(C)(C)C)n1. The Morgan fingerprint density at radius 3 is 2.67 bits per heavy atom. The van der Waals surface area contributed by atoms with Crippen LogP contribution in [0, 0.1) is 0 Å². The largest absolute Gasteiger partial charge is 0.327 e. The third-order valence-electron chi connectivity index (χ3n) is 3.54. The maximum Gasteiger partial charge on any atom is 0.300 e. The first kappa shape index (κ1) is 14.3. The number of hydrogen-bond donors (Lipinski definition) is 0. The lowest BCUT2D eigenvalue weighted by atomic mass is 10.1. The Morgan fingerprint density at radius 1 is 1.43 bits per heavy atom. The maximum atomic E-state index is 12.4. The molecule has 1 aliphatic rings. The minimum atomic E-state index is -0.266. The van der Waals surface area contributed by atoms with E-state index in [0.717, 1.165) is 5.69 Å². The van der Waals surface area contributed by atoms with Crippen LogP contribution >= 0.6 is 11.3 Å². The molecule has 0 atom stereocenters. The number of carbonyl (C=O) groups is 1. The van der Waals surface area contributed by atoms with Gasteiger partial charge in [-0.3, -0.25) is 9.48 Å². The van der Waals surface area contributed by atoms with Gasteiger partial charge in [0.15, 0.2) is 10.5 Å². The average molecular weight is 304 g/mol. The number of nitrogens with zero attached hydrogens (tertiary/aromatic N) is 4. The van der Waals surface area contributed by atoms with Crippen LogP contribution in [0.15, 0.2) is 22.6 Å². The van der Waals surface area contributed by atoms with Crippen LogP contribution in [0.5, 0.6) is 0 Å². The van der Waals surface area contributed by atoms with Crippen LogP contribution in [0.3, 0.4) is 0 Å². The molecule has 1 aliphatic carbocycles. The lowest BCUT2D eigenvalue weighted by Gasteiger charge is -2.22. The molecule has 0 aromatic carbocycles. The molecule has 21 heavy (non-hydrogen) atoms. The average Bonchev–Trinajstić information content (AvgIpc) is 3.00. The zero-order chi connectivity index (χ0) is 15.2. The molecule has 6 heteroatoms. The van der Waals surface area contributed by atoms with Gasteiger partial charge in [-0.1, -0.05) is 0 Å². The molecule has 0 saturated heterocycles. The number of carbonyl (C=O) groups excluding carboxylic acids is 1. The van der Waals surface area contributed by atoms with Crippen LogP contribution in [0.4, 0.5) is 0 Å².